The van der Waals surface area contributed by atoms with Crippen LogP contribution in [0.25, 0.3) is 0 Å². The van der Waals surface area contributed by atoms with Gasteiger partial charge in [-0.05, 0) is 31.5 Å². The third-order valence-corrected chi connectivity index (χ3v) is 4.17. The maximum Gasteiger partial charge on any atom is 0.229 e. The molecule has 1 aliphatic rings. The third-order valence-electron chi connectivity index (χ3n) is 4.17. The van der Waals surface area contributed by atoms with Crippen molar-refractivity contribution < 1.29 is 14.4 Å². The lowest BCUT2D eigenvalue weighted by molar-refractivity contribution is -0.138. The number of carbonyl (C=O) groups is 3. The summed E-state index contributed by atoms with van der Waals surface area (Å²) >= 11 is 0. The number of carbonyl (C=O) groups excluding carboxylic acids is 3. The minimum atomic E-state index is -0.176. The fraction of sp³-hybridized carbons (Fsp3) is 0.500. The zero-order valence-electron chi connectivity index (χ0n) is 14.4. The van der Waals surface area contributed by atoms with Gasteiger partial charge in [0.2, 0.25) is 17.7 Å². The van der Waals surface area contributed by atoms with Gasteiger partial charge in [0.1, 0.15) is 0 Å². The highest BCUT2D eigenvalue weighted by Crippen LogP contribution is 2.15. The molecule has 0 aliphatic carbocycles. The van der Waals surface area contributed by atoms with Gasteiger partial charge in [0.05, 0.1) is 0 Å². The largest absolute Gasteiger partial charge is 0.370 e. The molecule has 0 atom stereocenters. The number of hydrogen-bond donors (Lipinski definition) is 1. The number of aryl methyl sites for hydroxylation is 1. The van der Waals surface area contributed by atoms with Gasteiger partial charge < -0.3 is 10.2 Å². The lowest BCUT2D eigenvalue weighted by Crippen LogP contribution is -2.37. The monoisotopic (exact) mass is 331 g/mol. The predicted octanol–water partition coefficient (Wildman–Crippen LogP) is 1.48. The minimum Gasteiger partial charge on any atom is -0.370 e. The summed E-state index contributed by atoms with van der Waals surface area (Å²) in [6.07, 6.45) is 0.693. The number of likely N-dealkylation sites (N-methyl/N-ethyl adjacent to an activating group) is 1. The predicted molar refractivity (Wildman–Crippen MR) is 92.6 cm³/mol. The number of benzene rings is 1. The van der Waals surface area contributed by atoms with Crippen LogP contribution >= 0.6 is 0 Å². The van der Waals surface area contributed by atoms with Gasteiger partial charge in [0, 0.05) is 51.1 Å². The second-order valence-corrected chi connectivity index (χ2v) is 5.96. The summed E-state index contributed by atoms with van der Waals surface area (Å²) in [7, 11) is 0. The van der Waals surface area contributed by atoms with Gasteiger partial charge in [0.25, 0.3) is 0 Å². The van der Waals surface area contributed by atoms with Crippen molar-refractivity contribution in [1.29, 1.82) is 0 Å². The van der Waals surface area contributed by atoms with Gasteiger partial charge in [-0.3, -0.25) is 19.3 Å². The maximum absolute atomic E-state index is 11.9. The normalized spacial score (nSPS) is 14.2. The number of rotatable bonds is 8. The topological polar surface area (TPSA) is 69.7 Å². The molecule has 1 fully saturated rings. The van der Waals surface area contributed by atoms with Crippen LogP contribution in [0.5, 0.6) is 0 Å². The molecular formula is C18H25N3O3. The van der Waals surface area contributed by atoms with Crippen molar-refractivity contribution >= 4 is 23.4 Å². The van der Waals surface area contributed by atoms with Gasteiger partial charge in [-0.1, -0.05) is 12.1 Å². The first-order valence-electron chi connectivity index (χ1n) is 8.42. The first-order chi connectivity index (χ1) is 11.5. The molecule has 0 unspecified atom stereocenters. The smallest absolute Gasteiger partial charge is 0.229 e. The van der Waals surface area contributed by atoms with Crippen molar-refractivity contribution in [3.05, 3.63) is 29.8 Å². The lowest BCUT2D eigenvalue weighted by Gasteiger charge is -2.23. The van der Waals surface area contributed by atoms with Gasteiger partial charge >= 0.3 is 0 Å². The van der Waals surface area contributed by atoms with Crippen LogP contribution in [0.1, 0.15) is 31.7 Å². The van der Waals surface area contributed by atoms with Gasteiger partial charge in [-0.15, -0.1) is 0 Å². The van der Waals surface area contributed by atoms with Crippen LogP contribution in [0.3, 0.4) is 0 Å². The van der Waals surface area contributed by atoms with Crippen molar-refractivity contribution in [2.75, 3.05) is 31.1 Å². The van der Waals surface area contributed by atoms with Gasteiger partial charge in [-0.2, -0.15) is 0 Å². The Bertz CT molecular complexity index is 599. The average Bonchev–Trinajstić information content (AvgIpc) is 2.88. The number of amides is 3. The van der Waals surface area contributed by atoms with E-state index >= 15 is 0 Å². The van der Waals surface area contributed by atoms with Crippen molar-refractivity contribution in [2.45, 2.75) is 33.1 Å². The minimum absolute atomic E-state index is 0.136. The summed E-state index contributed by atoms with van der Waals surface area (Å²) in [5.41, 5.74) is 2.34. The Morgan fingerprint density at radius 3 is 2.58 bits per heavy atom. The molecule has 0 aromatic heterocycles. The number of nitrogens with one attached hydrogen (secondary N) is 1. The molecule has 6 nitrogen and oxygen atoms in total. The first-order valence-corrected chi connectivity index (χ1v) is 8.42. The average molecular weight is 331 g/mol. The summed E-state index contributed by atoms with van der Waals surface area (Å²) < 4.78 is 0. The summed E-state index contributed by atoms with van der Waals surface area (Å²) in [4.78, 5) is 38.3. The fourth-order valence-electron chi connectivity index (χ4n) is 2.80. The molecule has 2 rings (SSSR count). The zero-order chi connectivity index (χ0) is 17.5. The van der Waals surface area contributed by atoms with Crippen molar-refractivity contribution in [1.82, 2.24) is 10.2 Å². The van der Waals surface area contributed by atoms with Gasteiger partial charge in [-0.25, -0.2) is 0 Å². The van der Waals surface area contributed by atoms with Crippen molar-refractivity contribution in [3.63, 3.8) is 0 Å². The Hall–Kier alpha value is -2.37. The molecular weight excluding hydrogens is 306 g/mol. The Labute approximate surface area is 142 Å². The molecule has 1 aromatic rings. The molecule has 1 aromatic carbocycles. The van der Waals surface area contributed by atoms with E-state index in [4.69, 9.17) is 0 Å². The van der Waals surface area contributed by atoms with E-state index in [-0.39, 0.29) is 43.5 Å². The fourth-order valence-corrected chi connectivity index (χ4v) is 2.80. The molecule has 0 radical (unpaired) electrons. The summed E-state index contributed by atoms with van der Waals surface area (Å²) in [5.74, 6) is -0.489. The van der Waals surface area contributed by atoms with Crippen LogP contribution < -0.4 is 10.2 Å². The van der Waals surface area contributed by atoms with Crippen LogP contribution in [0.15, 0.2) is 24.3 Å². The highest BCUT2D eigenvalue weighted by atomic mass is 16.2. The van der Waals surface area contributed by atoms with E-state index in [1.807, 2.05) is 6.07 Å². The second-order valence-electron chi connectivity index (χ2n) is 5.96. The van der Waals surface area contributed by atoms with Crippen LogP contribution in [0.2, 0.25) is 0 Å². The highest BCUT2D eigenvalue weighted by molar-refractivity contribution is 6.02. The van der Waals surface area contributed by atoms with E-state index in [1.165, 1.54) is 10.5 Å². The summed E-state index contributed by atoms with van der Waals surface area (Å²) in [6, 6.07) is 8.26. The van der Waals surface area contributed by atoms with Gasteiger partial charge in [0.15, 0.2) is 0 Å². The SMILES string of the molecule is CCN(CCNC(=O)CCN1C(=O)CCC1=O)c1cccc(C)c1. The van der Waals surface area contributed by atoms with Crippen LogP contribution in [0, 0.1) is 6.92 Å². The molecule has 1 saturated heterocycles. The second kappa shape index (κ2) is 8.47. The number of likely N-dealkylation sites (tertiary alicyclic amines) is 1. The number of hydrogen-bond acceptors (Lipinski definition) is 4. The lowest BCUT2D eigenvalue weighted by atomic mass is 10.2. The van der Waals surface area contributed by atoms with E-state index in [0.717, 1.165) is 12.2 Å². The molecule has 24 heavy (non-hydrogen) atoms. The first kappa shape index (κ1) is 18.0. The number of imide groups is 1. The highest BCUT2D eigenvalue weighted by Gasteiger charge is 2.28. The molecule has 1 N–H and O–H groups in total. The van der Waals surface area contributed by atoms with E-state index in [1.54, 1.807) is 0 Å². The molecule has 130 valence electrons. The van der Waals surface area contributed by atoms with Crippen LogP contribution in [-0.2, 0) is 14.4 Å². The Balaban J connectivity index is 1.73. The molecule has 0 saturated carbocycles. The van der Waals surface area contributed by atoms with Crippen molar-refractivity contribution in [2.24, 2.45) is 0 Å². The van der Waals surface area contributed by atoms with Crippen molar-refractivity contribution in [3.8, 4) is 0 Å². The van der Waals surface area contributed by atoms with E-state index in [2.05, 4.69) is 42.3 Å². The maximum atomic E-state index is 11.9. The van der Waals surface area contributed by atoms with E-state index < -0.39 is 0 Å². The summed E-state index contributed by atoms with van der Waals surface area (Å²) in [6.45, 7) is 6.42. The zero-order valence-corrected chi connectivity index (χ0v) is 14.4. The Kier molecular flexibility index (Phi) is 6.35. The summed E-state index contributed by atoms with van der Waals surface area (Å²) in [5, 5.41) is 2.86. The Morgan fingerprint density at radius 2 is 1.96 bits per heavy atom. The molecule has 6 heteroatoms. The Morgan fingerprint density at radius 1 is 1.25 bits per heavy atom. The van der Waals surface area contributed by atoms with Crippen LogP contribution in [0.4, 0.5) is 5.69 Å². The van der Waals surface area contributed by atoms with Crippen LogP contribution in [-0.4, -0.2) is 48.8 Å². The number of nitrogens with zero attached hydrogens (tertiary/aromatic N) is 2. The molecule has 3 amide bonds. The molecule has 1 heterocycles. The van der Waals surface area contributed by atoms with E-state index in [0.29, 0.717) is 13.1 Å². The standard InChI is InChI=1S/C18H25N3O3/c1-3-20(15-6-4-5-14(2)13-15)12-10-19-16(22)9-11-21-17(23)7-8-18(21)24/h4-6,13H,3,7-12H2,1-2H3,(H,19,22). The number of anilines is 1. The molecule has 0 bridgehead atoms. The molecule has 0 spiro atoms. The quantitative estimate of drug-likeness (QED) is 0.733. The molecule has 1 aliphatic heterocycles. The van der Waals surface area contributed by atoms with E-state index in [9.17, 15) is 14.4 Å². The third kappa shape index (κ3) is 4.81.